The topological polar surface area (TPSA) is 90.1 Å². The molecule has 1 aliphatic carbocycles. The minimum Gasteiger partial charge on any atom is -0.339 e. The molecule has 1 aromatic heterocycles. The van der Waals surface area contributed by atoms with Gasteiger partial charge >= 0.3 is 0 Å². The van der Waals surface area contributed by atoms with Gasteiger partial charge in [-0.05, 0) is 25.0 Å². The molecule has 4 rings (SSSR count). The minimum atomic E-state index is -0.290. The molecule has 2 aliphatic rings. The Morgan fingerprint density at radius 1 is 1.18 bits per heavy atom. The summed E-state index contributed by atoms with van der Waals surface area (Å²) < 4.78 is 0. The largest absolute Gasteiger partial charge is 0.339 e. The van der Waals surface area contributed by atoms with Gasteiger partial charge in [-0.3, -0.25) is 14.7 Å². The second-order valence-corrected chi connectivity index (χ2v) is 7.66. The lowest BCUT2D eigenvalue weighted by Crippen LogP contribution is -2.38. The lowest BCUT2D eigenvalue weighted by atomic mass is 9.94. The summed E-state index contributed by atoms with van der Waals surface area (Å²) in [4.78, 5) is 27.8. The molecule has 148 valence electrons. The van der Waals surface area contributed by atoms with Crippen LogP contribution in [-0.2, 0) is 13.0 Å². The molecular formula is C21H27N5O2. The zero-order valence-corrected chi connectivity index (χ0v) is 16.3. The molecule has 28 heavy (non-hydrogen) atoms. The van der Waals surface area contributed by atoms with Crippen molar-refractivity contribution in [3.05, 3.63) is 46.8 Å². The SMILES string of the molecule is CN(C(=O)c1ccccc1NC(=O)c1n[nH]c2c1CNCC2)C1CCCCC1. The van der Waals surface area contributed by atoms with E-state index in [1.165, 1.54) is 19.3 Å². The monoisotopic (exact) mass is 381 g/mol. The van der Waals surface area contributed by atoms with E-state index in [-0.39, 0.29) is 17.9 Å². The normalized spacial score (nSPS) is 17.0. The summed E-state index contributed by atoms with van der Waals surface area (Å²) in [7, 11) is 1.87. The average molecular weight is 381 g/mol. The van der Waals surface area contributed by atoms with Gasteiger partial charge in [0.25, 0.3) is 11.8 Å². The second kappa shape index (κ2) is 8.14. The number of nitrogens with zero attached hydrogens (tertiary/aromatic N) is 2. The van der Waals surface area contributed by atoms with Crippen molar-refractivity contribution in [1.29, 1.82) is 0 Å². The van der Waals surface area contributed by atoms with Crippen LogP contribution in [0.4, 0.5) is 5.69 Å². The lowest BCUT2D eigenvalue weighted by Gasteiger charge is -2.31. The summed E-state index contributed by atoms with van der Waals surface area (Å²) in [6.45, 7) is 1.50. The third-order valence-corrected chi connectivity index (χ3v) is 5.87. The number of amides is 2. The van der Waals surface area contributed by atoms with Gasteiger partial charge in [0.15, 0.2) is 5.69 Å². The summed E-state index contributed by atoms with van der Waals surface area (Å²) in [5.41, 5.74) is 3.36. The fraction of sp³-hybridized carbons (Fsp3) is 0.476. The molecule has 0 bridgehead atoms. The van der Waals surface area contributed by atoms with Gasteiger partial charge in [-0.15, -0.1) is 0 Å². The number of carbonyl (C=O) groups excluding carboxylic acids is 2. The Hall–Kier alpha value is -2.67. The van der Waals surface area contributed by atoms with Crippen molar-refractivity contribution in [2.24, 2.45) is 0 Å². The number of nitrogens with one attached hydrogen (secondary N) is 3. The number of aromatic nitrogens is 2. The molecule has 1 aliphatic heterocycles. The van der Waals surface area contributed by atoms with Crippen LogP contribution >= 0.6 is 0 Å². The Labute approximate surface area is 164 Å². The Morgan fingerprint density at radius 2 is 1.96 bits per heavy atom. The maximum Gasteiger partial charge on any atom is 0.276 e. The first-order chi connectivity index (χ1) is 13.6. The van der Waals surface area contributed by atoms with E-state index in [1.54, 1.807) is 12.1 Å². The van der Waals surface area contributed by atoms with E-state index < -0.39 is 0 Å². The van der Waals surface area contributed by atoms with Crippen LogP contribution in [0.1, 0.15) is 64.2 Å². The van der Waals surface area contributed by atoms with E-state index in [4.69, 9.17) is 0 Å². The van der Waals surface area contributed by atoms with Gasteiger partial charge in [0.1, 0.15) is 0 Å². The highest BCUT2D eigenvalue weighted by Crippen LogP contribution is 2.25. The number of carbonyl (C=O) groups is 2. The summed E-state index contributed by atoms with van der Waals surface area (Å²) >= 11 is 0. The summed E-state index contributed by atoms with van der Waals surface area (Å²) in [6.07, 6.45) is 6.50. The highest BCUT2D eigenvalue weighted by molar-refractivity contribution is 6.08. The summed E-state index contributed by atoms with van der Waals surface area (Å²) in [5.74, 6) is -0.338. The number of fused-ring (bicyclic) bond motifs is 1. The lowest BCUT2D eigenvalue weighted by molar-refractivity contribution is 0.0697. The van der Waals surface area contributed by atoms with Crippen LogP contribution in [0.5, 0.6) is 0 Å². The van der Waals surface area contributed by atoms with Crippen LogP contribution in [0.15, 0.2) is 24.3 Å². The van der Waals surface area contributed by atoms with Crippen molar-refractivity contribution in [2.75, 3.05) is 18.9 Å². The maximum absolute atomic E-state index is 13.1. The third-order valence-electron chi connectivity index (χ3n) is 5.87. The van der Waals surface area contributed by atoms with Crippen LogP contribution in [0.2, 0.25) is 0 Å². The van der Waals surface area contributed by atoms with E-state index in [9.17, 15) is 9.59 Å². The van der Waals surface area contributed by atoms with E-state index in [2.05, 4.69) is 20.8 Å². The number of hydrogen-bond donors (Lipinski definition) is 3. The van der Waals surface area contributed by atoms with Crippen molar-refractivity contribution in [2.45, 2.75) is 51.1 Å². The van der Waals surface area contributed by atoms with Crippen molar-refractivity contribution in [3.63, 3.8) is 0 Å². The number of para-hydroxylation sites is 1. The number of hydrogen-bond acceptors (Lipinski definition) is 4. The average Bonchev–Trinajstić information content (AvgIpc) is 3.18. The highest BCUT2D eigenvalue weighted by Gasteiger charge is 2.26. The zero-order chi connectivity index (χ0) is 19.5. The zero-order valence-electron chi connectivity index (χ0n) is 16.3. The van der Waals surface area contributed by atoms with Crippen LogP contribution in [0, 0.1) is 0 Å². The fourth-order valence-electron chi connectivity index (χ4n) is 4.20. The Bertz CT molecular complexity index is 869. The predicted molar refractivity (Wildman–Crippen MR) is 107 cm³/mol. The van der Waals surface area contributed by atoms with Crippen molar-refractivity contribution < 1.29 is 9.59 Å². The molecule has 0 radical (unpaired) electrons. The van der Waals surface area contributed by atoms with E-state index in [0.717, 1.165) is 37.1 Å². The van der Waals surface area contributed by atoms with Gasteiger partial charge in [-0.25, -0.2) is 0 Å². The number of aromatic amines is 1. The molecule has 1 aromatic carbocycles. The Kier molecular flexibility index (Phi) is 5.43. The van der Waals surface area contributed by atoms with E-state index >= 15 is 0 Å². The minimum absolute atomic E-state index is 0.0477. The molecule has 2 aromatic rings. The van der Waals surface area contributed by atoms with Gasteiger partial charge < -0.3 is 15.5 Å². The van der Waals surface area contributed by atoms with Crippen LogP contribution in [-0.4, -0.2) is 46.5 Å². The molecule has 3 N–H and O–H groups in total. The van der Waals surface area contributed by atoms with Gasteiger partial charge in [-0.2, -0.15) is 5.10 Å². The molecule has 0 unspecified atom stereocenters. The molecule has 2 heterocycles. The van der Waals surface area contributed by atoms with Crippen LogP contribution in [0.3, 0.4) is 0 Å². The molecular weight excluding hydrogens is 354 g/mol. The Morgan fingerprint density at radius 3 is 2.79 bits per heavy atom. The third kappa shape index (κ3) is 3.67. The first-order valence-corrected chi connectivity index (χ1v) is 10.1. The Balaban J connectivity index is 1.53. The van der Waals surface area contributed by atoms with Crippen LogP contribution < -0.4 is 10.6 Å². The standard InChI is InChI=1S/C21H27N5O2/c1-26(14-7-3-2-4-8-14)21(28)15-9-5-6-10-17(15)23-20(27)19-16-13-22-12-11-18(16)24-25-19/h5-6,9-10,14,22H,2-4,7-8,11-13H2,1H3,(H,23,27)(H,24,25). The highest BCUT2D eigenvalue weighted by atomic mass is 16.2. The molecule has 1 fully saturated rings. The van der Waals surface area contributed by atoms with Crippen molar-refractivity contribution >= 4 is 17.5 Å². The maximum atomic E-state index is 13.1. The second-order valence-electron chi connectivity index (χ2n) is 7.66. The summed E-state index contributed by atoms with van der Waals surface area (Å²) in [6, 6.07) is 7.48. The number of H-pyrrole nitrogens is 1. The predicted octanol–water partition coefficient (Wildman–Crippen LogP) is 2.71. The molecule has 0 atom stereocenters. The first kappa shape index (κ1) is 18.7. The van der Waals surface area contributed by atoms with Crippen LogP contribution in [0.25, 0.3) is 0 Å². The first-order valence-electron chi connectivity index (χ1n) is 10.1. The quantitative estimate of drug-likeness (QED) is 0.760. The molecule has 1 saturated carbocycles. The smallest absolute Gasteiger partial charge is 0.276 e. The fourth-order valence-corrected chi connectivity index (χ4v) is 4.20. The van der Waals surface area contributed by atoms with E-state index in [0.29, 0.717) is 23.5 Å². The molecule has 2 amide bonds. The molecule has 7 nitrogen and oxygen atoms in total. The van der Waals surface area contributed by atoms with E-state index in [1.807, 2.05) is 24.1 Å². The van der Waals surface area contributed by atoms with Gasteiger partial charge in [0, 0.05) is 43.9 Å². The number of anilines is 1. The van der Waals surface area contributed by atoms with Gasteiger partial charge in [-0.1, -0.05) is 31.4 Å². The number of benzene rings is 1. The van der Waals surface area contributed by atoms with Crippen molar-refractivity contribution in [3.8, 4) is 0 Å². The summed E-state index contributed by atoms with van der Waals surface area (Å²) in [5, 5.41) is 13.3. The molecule has 7 heteroatoms. The number of rotatable bonds is 4. The molecule has 0 saturated heterocycles. The van der Waals surface area contributed by atoms with Crippen molar-refractivity contribution in [1.82, 2.24) is 20.4 Å². The van der Waals surface area contributed by atoms with Gasteiger partial charge in [0.2, 0.25) is 0 Å². The van der Waals surface area contributed by atoms with Gasteiger partial charge in [0.05, 0.1) is 11.3 Å². The molecule has 0 spiro atoms.